The summed E-state index contributed by atoms with van der Waals surface area (Å²) in [7, 11) is 0. The molecule has 4 heteroatoms. The minimum atomic E-state index is -0.707. The smallest absolute Gasteiger partial charge is 0.0851 e. The van der Waals surface area contributed by atoms with Crippen LogP contribution in [0, 0.1) is 20.8 Å². The van der Waals surface area contributed by atoms with Gasteiger partial charge in [0.15, 0.2) is 0 Å². The van der Waals surface area contributed by atoms with Crippen molar-refractivity contribution >= 4 is 0 Å². The highest BCUT2D eigenvalue weighted by Gasteiger charge is 2.12. The Morgan fingerprint density at radius 3 is 2.33 bits per heavy atom. The van der Waals surface area contributed by atoms with Gasteiger partial charge < -0.3 is 5.11 Å². The molecule has 0 spiro atoms. The lowest BCUT2D eigenvalue weighted by molar-refractivity contribution is 0.185. The topological polar surface area (TPSA) is 69.0 Å². The maximum Gasteiger partial charge on any atom is 0.0851 e. The fourth-order valence-electron chi connectivity index (χ4n) is 1.92. The SMILES string of the molecule is Cc1cc(C)c([C@@H](O)CN=[N+]=[N-])c(C)c1. The van der Waals surface area contributed by atoms with Crippen molar-refractivity contribution in [2.75, 3.05) is 6.54 Å². The normalized spacial score (nSPS) is 12.0. The Bertz CT molecular complexity index is 385. The molecule has 0 fully saturated rings. The second-order valence-corrected chi connectivity index (χ2v) is 3.74. The first kappa shape index (κ1) is 11.6. The van der Waals surface area contributed by atoms with E-state index in [9.17, 15) is 5.11 Å². The van der Waals surface area contributed by atoms with Crippen LogP contribution >= 0.6 is 0 Å². The van der Waals surface area contributed by atoms with Gasteiger partial charge in [-0.15, -0.1) is 0 Å². The number of aryl methyl sites for hydroxylation is 3. The van der Waals surface area contributed by atoms with E-state index in [1.807, 2.05) is 32.9 Å². The number of benzene rings is 1. The Kier molecular flexibility index (Phi) is 3.72. The summed E-state index contributed by atoms with van der Waals surface area (Å²) in [5.74, 6) is 0. The van der Waals surface area contributed by atoms with Gasteiger partial charge in [0.25, 0.3) is 0 Å². The van der Waals surface area contributed by atoms with Crippen molar-refractivity contribution in [3.63, 3.8) is 0 Å². The number of nitrogens with zero attached hydrogens (tertiary/aromatic N) is 3. The van der Waals surface area contributed by atoms with Gasteiger partial charge in [0.2, 0.25) is 0 Å². The first-order valence-electron chi connectivity index (χ1n) is 4.83. The first-order valence-corrected chi connectivity index (χ1v) is 4.83. The van der Waals surface area contributed by atoms with E-state index in [4.69, 9.17) is 5.53 Å². The van der Waals surface area contributed by atoms with Gasteiger partial charge >= 0.3 is 0 Å². The molecule has 0 aliphatic rings. The third-order valence-corrected chi connectivity index (χ3v) is 2.39. The summed E-state index contributed by atoms with van der Waals surface area (Å²) in [4.78, 5) is 2.64. The molecule has 0 bridgehead atoms. The van der Waals surface area contributed by atoms with Crippen molar-refractivity contribution in [1.82, 2.24) is 0 Å². The Morgan fingerprint density at radius 2 is 1.87 bits per heavy atom. The van der Waals surface area contributed by atoms with Gasteiger partial charge in [-0.25, -0.2) is 0 Å². The number of aliphatic hydroxyl groups excluding tert-OH is 1. The number of aliphatic hydroxyl groups is 1. The van der Waals surface area contributed by atoms with E-state index in [-0.39, 0.29) is 6.54 Å². The maximum absolute atomic E-state index is 9.84. The largest absolute Gasteiger partial charge is 0.388 e. The standard InChI is InChI=1S/C11H15N3O/c1-7-4-8(2)11(9(3)5-7)10(15)6-13-14-12/h4-5,10,15H,6H2,1-3H3/t10-/m0/s1. The predicted octanol–water partition coefficient (Wildman–Crippen LogP) is 2.96. The lowest BCUT2D eigenvalue weighted by Gasteiger charge is -2.15. The van der Waals surface area contributed by atoms with Crippen LogP contribution in [0.5, 0.6) is 0 Å². The van der Waals surface area contributed by atoms with E-state index in [0.717, 1.165) is 16.7 Å². The van der Waals surface area contributed by atoms with Gasteiger partial charge in [-0.3, -0.25) is 0 Å². The Morgan fingerprint density at radius 1 is 1.33 bits per heavy atom. The van der Waals surface area contributed by atoms with Crippen LogP contribution in [-0.2, 0) is 0 Å². The molecule has 0 amide bonds. The molecule has 0 radical (unpaired) electrons. The molecular formula is C11H15N3O. The summed E-state index contributed by atoms with van der Waals surface area (Å²) in [5, 5.41) is 13.2. The predicted molar refractivity (Wildman–Crippen MR) is 59.6 cm³/mol. The summed E-state index contributed by atoms with van der Waals surface area (Å²) in [5.41, 5.74) is 12.3. The summed E-state index contributed by atoms with van der Waals surface area (Å²) < 4.78 is 0. The quantitative estimate of drug-likeness (QED) is 0.460. The van der Waals surface area contributed by atoms with Gasteiger partial charge in [-0.2, -0.15) is 0 Å². The molecule has 1 aromatic rings. The second kappa shape index (κ2) is 4.82. The molecule has 0 saturated heterocycles. The summed E-state index contributed by atoms with van der Waals surface area (Å²) in [6.07, 6.45) is -0.707. The fourth-order valence-corrected chi connectivity index (χ4v) is 1.92. The molecule has 0 aliphatic carbocycles. The van der Waals surface area contributed by atoms with Crippen LogP contribution in [0.1, 0.15) is 28.4 Å². The second-order valence-electron chi connectivity index (χ2n) is 3.74. The number of azide groups is 1. The van der Waals surface area contributed by atoms with E-state index in [1.165, 1.54) is 5.56 Å². The summed E-state index contributed by atoms with van der Waals surface area (Å²) >= 11 is 0. The molecule has 1 aromatic carbocycles. The van der Waals surface area contributed by atoms with Crippen molar-refractivity contribution in [2.45, 2.75) is 26.9 Å². The van der Waals surface area contributed by atoms with Gasteiger partial charge in [0.05, 0.1) is 12.6 Å². The summed E-state index contributed by atoms with van der Waals surface area (Å²) in [6.45, 7) is 6.01. The molecule has 15 heavy (non-hydrogen) atoms. The van der Waals surface area contributed by atoms with E-state index < -0.39 is 6.10 Å². The molecule has 0 unspecified atom stereocenters. The Labute approximate surface area is 89.2 Å². The average Bonchev–Trinajstić information content (AvgIpc) is 2.12. The third-order valence-electron chi connectivity index (χ3n) is 2.39. The molecule has 1 rings (SSSR count). The van der Waals surface area contributed by atoms with Crippen LogP contribution in [-0.4, -0.2) is 11.7 Å². The van der Waals surface area contributed by atoms with Gasteiger partial charge in [-0.05, 0) is 43.0 Å². The molecule has 0 aliphatic heterocycles. The number of rotatable bonds is 3. The first-order chi connectivity index (χ1) is 7.06. The monoisotopic (exact) mass is 205 g/mol. The summed E-state index contributed by atoms with van der Waals surface area (Å²) in [6, 6.07) is 4.03. The van der Waals surface area contributed by atoms with Crippen molar-refractivity contribution in [3.05, 3.63) is 44.8 Å². The van der Waals surface area contributed by atoms with Crippen molar-refractivity contribution in [1.29, 1.82) is 0 Å². The van der Waals surface area contributed by atoms with Crippen molar-refractivity contribution < 1.29 is 5.11 Å². The highest BCUT2D eigenvalue weighted by molar-refractivity contribution is 5.39. The Balaban J connectivity index is 3.07. The fraction of sp³-hybridized carbons (Fsp3) is 0.455. The Hall–Kier alpha value is -1.51. The van der Waals surface area contributed by atoms with Gasteiger partial charge in [-0.1, -0.05) is 22.8 Å². The maximum atomic E-state index is 9.84. The highest BCUT2D eigenvalue weighted by Crippen LogP contribution is 2.23. The van der Waals surface area contributed by atoms with E-state index >= 15 is 0 Å². The zero-order valence-corrected chi connectivity index (χ0v) is 9.23. The van der Waals surface area contributed by atoms with Crippen molar-refractivity contribution in [2.24, 2.45) is 5.11 Å². The zero-order valence-electron chi connectivity index (χ0n) is 9.23. The van der Waals surface area contributed by atoms with Gasteiger partial charge in [0.1, 0.15) is 0 Å². The minimum Gasteiger partial charge on any atom is -0.388 e. The molecule has 80 valence electrons. The lowest BCUT2D eigenvalue weighted by atomic mass is 9.96. The zero-order chi connectivity index (χ0) is 11.4. The van der Waals surface area contributed by atoms with Gasteiger partial charge in [0, 0.05) is 4.91 Å². The molecule has 0 heterocycles. The van der Waals surface area contributed by atoms with Crippen LogP contribution in [0.3, 0.4) is 0 Å². The molecule has 0 aromatic heterocycles. The lowest BCUT2D eigenvalue weighted by Crippen LogP contribution is -2.06. The molecule has 0 saturated carbocycles. The average molecular weight is 205 g/mol. The number of hydrogen-bond donors (Lipinski definition) is 1. The molecule has 1 atom stereocenters. The van der Waals surface area contributed by atoms with Crippen LogP contribution in [0.25, 0.3) is 10.4 Å². The van der Waals surface area contributed by atoms with Crippen molar-refractivity contribution in [3.8, 4) is 0 Å². The van der Waals surface area contributed by atoms with E-state index in [1.54, 1.807) is 0 Å². The van der Waals surface area contributed by atoms with Crippen LogP contribution in [0.2, 0.25) is 0 Å². The van der Waals surface area contributed by atoms with Crippen LogP contribution in [0.15, 0.2) is 17.2 Å². The molecule has 1 N–H and O–H groups in total. The third kappa shape index (κ3) is 2.72. The van der Waals surface area contributed by atoms with E-state index in [0.29, 0.717) is 0 Å². The minimum absolute atomic E-state index is 0.0846. The van der Waals surface area contributed by atoms with Crippen LogP contribution in [0.4, 0.5) is 0 Å². The molecular weight excluding hydrogens is 190 g/mol. The number of hydrogen-bond acceptors (Lipinski definition) is 2. The van der Waals surface area contributed by atoms with E-state index in [2.05, 4.69) is 10.0 Å². The van der Waals surface area contributed by atoms with Crippen LogP contribution < -0.4 is 0 Å². The highest BCUT2D eigenvalue weighted by atomic mass is 16.3. The molecule has 4 nitrogen and oxygen atoms in total.